The van der Waals surface area contributed by atoms with Gasteiger partial charge in [0.25, 0.3) is 0 Å². The maximum Gasteiger partial charge on any atom is 0.00649 e. The van der Waals surface area contributed by atoms with E-state index < -0.39 is 0 Å². The third-order valence-electron chi connectivity index (χ3n) is 3.41. The maximum atomic E-state index is 3.63. The largest absolute Gasteiger partial charge is 0.314 e. The van der Waals surface area contributed by atoms with Gasteiger partial charge in [-0.1, -0.05) is 13.8 Å². The topological polar surface area (TPSA) is 18.5 Å². The molecule has 0 aliphatic rings. The summed E-state index contributed by atoms with van der Waals surface area (Å²) in [6.45, 7) is 9.33. The first-order valence-electron chi connectivity index (χ1n) is 7.66. The Bertz CT molecular complexity index is 171. The van der Waals surface area contributed by atoms with Crippen LogP contribution in [0.3, 0.4) is 0 Å². The van der Waals surface area contributed by atoms with Crippen molar-refractivity contribution in [3.8, 4) is 0 Å². The van der Waals surface area contributed by atoms with Crippen LogP contribution in [-0.2, 0) is 0 Å². The molecule has 18 heavy (non-hydrogen) atoms. The predicted octanol–water partition coefficient (Wildman–Crippen LogP) is 2.43. The molecule has 0 aliphatic carbocycles. The first-order valence-corrected chi connectivity index (χ1v) is 7.66. The fourth-order valence-corrected chi connectivity index (χ4v) is 2.18. The predicted molar refractivity (Wildman–Crippen MR) is 82.3 cm³/mol. The fourth-order valence-electron chi connectivity index (χ4n) is 2.18. The van der Waals surface area contributed by atoms with Gasteiger partial charge in [-0.25, -0.2) is 0 Å². The molecule has 1 N–H and O–H groups in total. The van der Waals surface area contributed by atoms with Crippen molar-refractivity contribution in [1.29, 1.82) is 0 Å². The average molecular weight is 257 g/mol. The molecule has 0 amide bonds. The number of nitrogens with zero attached hydrogens (tertiary/aromatic N) is 2. The molecule has 0 radical (unpaired) electrons. The molecule has 0 aromatic heterocycles. The maximum absolute atomic E-state index is 3.63. The van der Waals surface area contributed by atoms with E-state index in [4.69, 9.17) is 0 Å². The molecule has 0 saturated carbocycles. The van der Waals surface area contributed by atoms with E-state index in [0.29, 0.717) is 0 Å². The number of hydrogen-bond acceptors (Lipinski definition) is 3. The van der Waals surface area contributed by atoms with E-state index in [2.05, 4.69) is 50.1 Å². The quantitative estimate of drug-likeness (QED) is 0.579. The Balaban J connectivity index is 3.49. The van der Waals surface area contributed by atoms with E-state index in [-0.39, 0.29) is 0 Å². The smallest absolute Gasteiger partial charge is 0.00649 e. The molecule has 1 atom stereocenters. The minimum Gasteiger partial charge on any atom is -0.314 e. The summed E-state index contributed by atoms with van der Waals surface area (Å²) >= 11 is 0. The Morgan fingerprint density at radius 2 is 1.61 bits per heavy atom. The third-order valence-corrected chi connectivity index (χ3v) is 3.41. The molecule has 0 rings (SSSR count). The van der Waals surface area contributed by atoms with Crippen molar-refractivity contribution in [3.63, 3.8) is 0 Å². The van der Waals surface area contributed by atoms with E-state index in [9.17, 15) is 0 Å². The van der Waals surface area contributed by atoms with Crippen LogP contribution in [0, 0.1) is 0 Å². The van der Waals surface area contributed by atoms with Gasteiger partial charge in [-0.3, -0.25) is 0 Å². The average Bonchev–Trinajstić information content (AvgIpc) is 2.33. The molecule has 0 saturated heterocycles. The molecule has 0 fully saturated rings. The second-order valence-electron chi connectivity index (χ2n) is 5.66. The highest BCUT2D eigenvalue weighted by Gasteiger charge is 2.05. The van der Waals surface area contributed by atoms with Crippen LogP contribution in [0.4, 0.5) is 0 Å². The van der Waals surface area contributed by atoms with Crippen LogP contribution in [0.5, 0.6) is 0 Å². The van der Waals surface area contributed by atoms with Crippen molar-refractivity contribution in [2.75, 3.05) is 47.3 Å². The van der Waals surface area contributed by atoms with Crippen molar-refractivity contribution in [1.82, 2.24) is 15.1 Å². The minimum absolute atomic E-state index is 0.722. The van der Waals surface area contributed by atoms with E-state index >= 15 is 0 Å². The van der Waals surface area contributed by atoms with Gasteiger partial charge in [-0.2, -0.15) is 0 Å². The molecule has 0 aromatic rings. The van der Waals surface area contributed by atoms with Gasteiger partial charge in [0.2, 0.25) is 0 Å². The Morgan fingerprint density at radius 1 is 0.944 bits per heavy atom. The minimum atomic E-state index is 0.722. The van der Waals surface area contributed by atoms with Crippen LogP contribution in [0.25, 0.3) is 0 Å². The van der Waals surface area contributed by atoms with Gasteiger partial charge < -0.3 is 15.1 Å². The zero-order valence-corrected chi connectivity index (χ0v) is 13.3. The van der Waals surface area contributed by atoms with Crippen molar-refractivity contribution in [3.05, 3.63) is 0 Å². The van der Waals surface area contributed by atoms with Crippen molar-refractivity contribution in [2.24, 2.45) is 0 Å². The summed E-state index contributed by atoms with van der Waals surface area (Å²) in [5, 5.41) is 3.63. The molecule has 0 heterocycles. The van der Waals surface area contributed by atoms with Crippen molar-refractivity contribution in [2.45, 2.75) is 52.0 Å². The lowest BCUT2D eigenvalue weighted by atomic mass is 10.1. The van der Waals surface area contributed by atoms with Crippen molar-refractivity contribution < 1.29 is 0 Å². The van der Waals surface area contributed by atoms with Gasteiger partial charge in [0.15, 0.2) is 0 Å². The Kier molecular flexibility index (Phi) is 11.9. The molecule has 0 spiro atoms. The van der Waals surface area contributed by atoms with E-state index in [1.807, 2.05) is 0 Å². The van der Waals surface area contributed by atoms with Gasteiger partial charge in [0, 0.05) is 6.04 Å². The second-order valence-corrected chi connectivity index (χ2v) is 5.66. The molecular formula is C15H35N3. The van der Waals surface area contributed by atoms with Crippen LogP contribution >= 0.6 is 0 Å². The molecule has 3 heteroatoms. The second kappa shape index (κ2) is 11.9. The normalized spacial score (nSPS) is 13.5. The van der Waals surface area contributed by atoms with Crippen LogP contribution in [0.2, 0.25) is 0 Å². The Labute approximate surface area is 115 Å². The van der Waals surface area contributed by atoms with Crippen LogP contribution in [0.1, 0.15) is 46.0 Å². The zero-order valence-electron chi connectivity index (χ0n) is 13.3. The first kappa shape index (κ1) is 17.9. The van der Waals surface area contributed by atoms with E-state index in [1.165, 1.54) is 51.7 Å². The Morgan fingerprint density at radius 3 is 2.17 bits per heavy atom. The summed E-state index contributed by atoms with van der Waals surface area (Å²) in [6.07, 6.45) is 6.39. The van der Waals surface area contributed by atoms with Crippen LogP contribution in [-0.4, -0.2) is 63.2 Å². The number of nitrogens with one attached hydrogen (secondary N) is 1. The highest BCUT2D eigenvalue weighted by atomic mass is 15.1. The highest BCUT2D eigenvalue weighted by molar-refractivity contribution is 4.65. The first-order chi connectivity index (χ1) is 8.60. The van der Waals surface area contributed by atoms with Crippen LogP contribution in [0.15, 0.2) is 0 Å². The standard InChI is InChI=1S/C15H35N3/c1-6-11-16-15(7-2)10-8-13-18(5)14-9-12-17(3)4/h15-16H,6-14H2,1-5H3. The Hall–Kier alpha value is -0.120. The monoisotopic (exact) mass is 257 g/mol. The summed E-state index contributed by atoms with van der Waals surface area (Å²) in [7, 11) is 6.53. The van der Waals surface area contributed by atoms with Crippen LogP contribution < -0.4 is 5.32 Å². The number of hydrogen-bond donors (Lipinski definition) is 1. The fraction of sp³-hybridized carbons (Fsp3) is 1.00. The summed E-state index contributed by atoms with van der Waals surface area (Å²) in [5.74, 6) is 0. The van der Waals surface area contributed by atoms with Crippen molar-refractivity contribution >= 4 is 0 Å². The highest BCUT2D eigenvalue weighted by Crippen LogP contribution is 2.03. The molecule has 0 aliphatic heterocycles. The van der Waals surface area contributed by atoms with Gasteiger partial charge in [-0.15, -0.1) is 0 Å². The van der Waals surface area contributed by atoms with Gasteiger partial charge in [0.1, 0.15) is 0 Å². The number of rotatable bonds is 12. The summed E-state index contributed by atoms with van der Waals surface area (Å²) < 4.78 is 0. The molecule has 3 nitrogen and oxygen atoms in total. The summed E-state index contributed by atoms with van der Waals surface area (Å²) in [5.41, 5.74) is 0. The lowest BCUT2D eigenvalue weighted by Gasteiger charge is -2.20. The molecule has 1 unspecified atom stereocenters. The van der Waals surface area contributed by atoms with E-state index in [0.717, 1.165) is 12.6 Å². The summed E-state index contributed by atoms with van der Waals surface area (Å²) in [6, 6.07) is 0.722. The van der Waals surface area contributed by atoms with Gasteiger partial charge in [0.05, 0.1) is 0 Å². The molecule has 0 bridgehead atoms. The van der Waals surface area contributed by atoms with Gasteiger partial charge in [-0.05, 0) is 79.4 Å². The van der Waals surface area contributed by atoms with Gasteiger partial charge >= 0.3 is 0 Å². The molecule has 0 aromatic carbocycles. The van der Waals surface area contributed by atoms with E-state index in [1.54, 1.807) is 0 Å². The third kappa shape index (κ3) is 11.0. The lowest BCUT2D eigenvalue weighted by Crippen LogP contribution is -2.31. The lowest BCUT2D eigenvalue weighted by molar-refractivity contribution is 0.288. The zero-order chi connectivity index (χ0) is 13.8. The summed E-state index contributed by atoms with van der Waals surface area (Å²) in [4.78, 5) is 4.73. The molecular weight excluding hydrogens is 222 g/mol. The SMILES string of the molecule is CCCNC(CC)CCCN(C)CCCN(C)C. The molecule has 110 valence electrons.